The smallest absolute Gasteiger partial charge is 0.294 e. The molecule has 0 aliphatic carbocycles. The van der Waals surface area contributed by atoms with E-state index in [-0.39, 0.29) is 6.04 Å². The minimum absolute atomic E-state index is 0.0533. The van der Waals surface area contributed by atoms with Gasteiger partial charge < -0.3 is 10.5 Å². The van der Waals surface area contributed by atoms with Crippen LogP contribution < -0.4 is 10.5 Å². The lowest BCUT2D eigenvalue weighted by Gasteiger charge is -1.99. The maximum Gasteiger partial charge on any atom is 0.294 e. The third kappa shape index (κ3) is 3.12. The van der Waals surface area contributed by atoms with Crippen LogP contribution in [0.4, 0.5) is 0 Å². The van der Waals surface area contributed by atoms with Crippen LogP contribution in [-0.2, 0) is 6.42 Å². The second-order valence-corrected chi connectivity index (χ2v) is 3.52. The third-order valence-corrected chi connectivity index (χ3v) is 2.29. The summed E-state index contributed by atoms with van der Waals surface area (Å²) >= 11 is 1.43. The highest BCUT2D eigenvalue weighted by Crippen LogP contribution is 2.18. The molecule has 2 N–H and O–H groups in total. The van der Waals surface area contributed by atoms with Crippen molar-refractivity contribution in [3.63, 3.8) is 0 Å². The molecule has 0 aliphatic rings. The van der Waals surface area contributed by atoms with Crippen molar-refractivity contribution < 1.29 is 4.74 Å². The van der Waals surface area contributed by atoms with E-state index in [1.54, 1.807) is 6.08 Å². The zero-order chi connectivity index (χ0) is 9.68. The standard InChI is InChI=1S/C8H13N3OS/c1-3-6(9)5-7-10-11-8(13-7)12-4-2/h3,6H,1,4-5,9H2,2H3. The molecule has 0 aromatic carbocycles. The Bertz CT molecular complexity index is 274. The van der Waals surface area contributed by atoms with Gasteiger partial charge in [-0.1, -0.05) is 17.4 Å². The molecule has 0 bridgehead atoms. The van der Waals surface area contributed by atoms with E-state index in [0.717, 1.165) is 5.01 Å². The Hall–Kier alpha value is -0.940. The van der Waals surface area contributed by atoms with Crippen molar-refractivity contribution in [1.29, 1.82) is 0 Å². The quantitative estimate of drug-likeness (QED) is 0.718. The summed E-state index contributed by atoms with van der Waals surface area (Å²) in [5, 5.41) is 9.28. The van der Waals surface area contributed by atoms with Crippen LogP contribution in [-0.4, -0.2) is 22.8 Å². The van der Waals surface area contributed by atoms with Gasteiger partial charge in [0.1, 0.15) is 5.01 Å². The van der Waals surface area contributed by atoms with E-state index in [1.165, 1.54) is 11.3 Å². The molecule has 0 fully saturated rings. The van der Waals surface area contributed by atoms with Gasteiger partial charge in [-0.2, -0.15) is 0 Å². The van der Waals surface area contributed by atoms with Crippen molar-refractivity contribution in [2.75, 3.05) is 6.61 Å². The van der Waals surface area contributed by atoms with E-state index in [2.05, 4.69) is 16.8 Å². The highest BCUT2D eigenvalue weighted by atomic mass is 32.1. The van der Waals surface area contributed by atoms with E-state index in [9.17, 15) is 0 Å². The van der Waals surface area contributed by atoms with Gasteiger partial charge in [0.2, 0.25) is 0 Å². The second-order valence-electron chi connectivity index (χ2n) is 2.50. The Morgan fingerprint density at radius 2 is 2.46 bits per heavy atom. The molecule has 1 aromatic heterocycles. The second kappa shape index (κ2) is 4.94. The molecule has 0 saturated carbocycles. The van der Waals surface area contributed by atoms with Crippen molar-refractivity contribution >= 4 is 11.3 Å². The lowest BCUT2D eigenvalue weighted by Crippen LogP contribution is -2.19. The lowest BCUT2D eigenvalue weighted by molar-refractivity contribution is 0.335. The van der Waals surface area contributed by atoms with Crippen LogP contribution in [0.25, 0.3) is 0 Å². The molecule has 1 unspecified atom stereocenters. The molecule has 1 rings (SSSR count). The van der Waals surface area contributed by atoms with Crippen molar-refractivity contribution in [1.82, 2.24) is 10.2 Å². The van der Waals surface area contributed by atoms with Crippen molar-refractivity contribution in [2.24, 2.45) is 5.73 Å². The van der Waals surface area contributed by atoms with Crippen molar-refractivity contribution in [3.05, 3.63) is 17.7 Å². The SMILES string of the molecule is C=CC(N)Cc1nnc(OCC)s1. The number of nitrogens with zero attached hydrogens (tertiary/aromatic N) is 2. The van der Waals surface area contributed by atoms with Gasteiger partial charge in [-0.05, 0) is 6.92 Å². The Balaban J connectivity index is 2.53. The zero-order valence-corrected chi connectivity index (χ0v) is 8.38. The minimum Gasteiger partial charge on any atom is -0.469 e. The number of rotatable bonds is 5. The summed E-state index contributed by atoms with van der Waals surface area (Å²) in [4.78, 5) is 0. The topological polar surface area (TPSA) is 61.0 Å². The fourth-order valence-corrected chi connectivity index (χ4v) is 1.60. The molecule has 0 saturated heterocycles. The van der Waals surface area contributed by atoms with Crippen molar-refractivity contribution in [2.45, 2.75) is 19.4 Å². The number of hydrogen-bond donors (Lipinski definition) is 1. The van der Waals surface area contributed by atoms with Crippen LogP contribution in [0.15, 0.2) is 12.7 Å². The van der Waals surface area contributed by atoms with Crippen LogP contribution in [0.3, 0.4) is 0 Å². The van der Waals surface area contributed by atoms with Crippen molar-refractivity contribution in [3.8, 4) is 5.19 Å². The van der Waals surface area contributed by atoms with Gasteiger partial charge in [0.05, 0.1) is 6.61 Å². The first-order valence-electron chi connectivity index (χ1n) is 4.09. The average molecular weight is 199 g/mol. The Labute approximate surface area is 81.4 Å². The van der Waals surface area contributed by atoms with Crippen LogP contribution in [0.5, 0.6) is 5.19 Å². The summed E-state index contributed by atoms with van der Waals surface area (Å²) in [5.41, 5.74) is 5.67. The number of hydrogen-bond acceptors (Lipinski definition) is 5. The predicted octanol–water partition coefficient (Wildman–Crippen LogP) is 0.993. The van der Waals surface area contributed by atoms with E-state index < -0.39 is 0 Å². The maximum atomic E-state index is 5.67. The summed E-state index contributed by atoms with van der Waals surface area (Å²) in [5.74, 6) is 0. The van der Waals surface area contributed by atoms with E-state index in [1.807, 2.05) is 6.92 Å². The number of ether oxygens (including phenoxy) is 1. The molecule has 4 nitrogen and oxygen atoms in total. The van der Waals surface area contributed by atoms with E-state index >= 15 is 0 Å². The summed E-state index contributed by atoms with van der Waals surface area (Å²) in [6, 6.07) is -0.0533. The Kier molecular flexibility index (Phi) is 3.85. The largest absolute Gasteiger partial charge is 0.469 e. The van der Waals surface area contributed by atoms with Gasteiger partial charge in [-0.3, -0.25) is 0 Å². The predicted molar refractivity (Wildman–Crippen MR) is 53.0 cm³/mol. The molecule has 0 spiro atoms. The van der Waals surface area contributed by atoms with Crippen LogP contribution >= 0.6 is 11.3 Å². The Morgan fingerprint density at radius 1 is 1.69 bits per heavy atom. The van der Waals surface area contributed by atoms with Gasteiger partial charge in [0.25, 0.3) is 5.19 Å². The number of aromatic nitrogens is 2. The highest BCUT2D eigenvalue weighted by molar-refractivity contribution is 7.13. The van der Waals surface area contributed by atoms with Gasteiger partial charge in [0, 0.05) is 12.5 Å². The molecule has 0 radical (unpaired) electrons. The minimum atomic E-state index is -0.0533. The van der Waals surface area contributed by atoms with Gasteiger partial charge >= 0.3 is 0 Å². The summed E-state index contributed by atoms with van der Waals surface area (Å²) in [6.45, 7) is 6.13. The van der Waals surface area contributed by atoms with Gasteiger partial charge in [-0.25, -0.2) is 0 Å². The first kappa shape index (κ1) is 10.1. The first-order chi connectivity index (χ1) is 6.26. The van der Waals surface area contributed by atoms with E-state index in [0.29, 0.717) is 18.2 Å². The number of nitrogens with two attached hydrogens (primary N) is 1. The summed E-state index contributed by atoms with van der Waals surface area (Å²) in [7, 11) is 0. The maximum absolute atomic E-state index is 5.67. The molecule has 13 heavy (non-hydrogen) atoms. The molecule has 72 valence electrons. The molecule has 5 heteroatoms. The van der Waals surface area contributed by atoms with Crippen LogP contribution in [0.1, 0.15) is 11.9 Å². The Morgan fingerprint density at radius 3 is 3.08 bits per heavy atom. The van der Waals surface area contributed by atoms with Crippen LogP contribution in [0, 0.1) is 0 Å². The molecule has 0 amide bonds. The van der Waals surface area contributed by atoms with Gasteiger partial charge in [0.15, 0.2) is 0 Å². The molecule has 1 heterocycles. The fraction of sp³-hybridized carbons (Fsp3) is 0.500. The zero-order valence-electron chi connectivity index (χ0n) is 7.56. The molecule has 1 atom stereocenters. The fourth-order valence-electron chi connectivity index (χ4n) is 0.787. The average Bonchev–Trinajstić information content (AvgIpc) is 2.53. The van der Waals surface area contributed by atoms with Gasteiger partial charge in [-0.15, -0.1) is 16.8 Å². The summed E-state index contributed by atoms with van der Waals surface area (Å²) < 4.78 is 5.18. The molecular formula is C8H13N3OS. The normalized spacial score (nSPS) is 12.5. The molecular weight excluding hydrogens is 186 g/mol. The third-order valence-electron chi connectivity index (χ3n) is 1.43. The highest BCUT2D eigenvalue weighted by Gasteiger charge is 2.06. The lowest BCUT2D eigenvalue weighted by atomic mass is 10.2. The van der Waals surface area contributed by atoms with Crippen LogP contribution in [0.2, 0.25) is 0 Å². The summed E-state index contributed by atoms with van der Waals surface area (Å²) in [6.07, 6.45) is 2.37. The monoisotopic (exact) mass is 199 g/mol. The first-order valence-corrected chi connectivity index (χ1v) is 4.91. The van der Waals surface area contributed by atoms with E-state index in [4.69, 9.17) is 10.5 Å². The molecule has 0 aliphatic heterocycles. The molecule has 1 aromatic rings.